The number of rotatable bonds is 7. The van der Waals surface area contributed by atoms with Crippen LogP contribution in [0.3, 0.4) is 0 Å². The molecule has 2 aromatic rings. The zero-order chi connectivity index (χ0) is 18.4. The Bertz CT molecular complexity index is 771. The Morgan fingerprint density at radius 3 is 2.72 bits per heavy atom. The molecular formula is C17H22N4O4. The van der Waals surface area contributed by atoms with Gasteiger partial charge >= 0.3 is 5.97 Å². The van der Waals surface area contributed by atoms with E-state index in [4.69, 9.17) is 5.73 Å². The molecule has 0 radical (unpaired) electrons. The molecule has 2 amide bonds. The van der Waals surface area contributed by atoms with Crippen LogP contribution < -0.4 is 16.4 Å². The number of aromatic amines is 1. The second kappa shape index (κ2) is 8.29. The molecule has 5 N–H and O–H groups in total. The quantitative estimate of drug-likeness (QED) is 0.518. The van der Waals surface area contributed by atoms with Gasteiger partial charge in [-0.3, -0.25) is 9.59 Å². The van der Waals surface area contributed by atoms with E-state index in [9.17, 15) is 14.4 Å². The van der Waals surface area contributed by atoms with E-state index in [1.165, 1.54) is 14.0 Å². The standard InChI is InChI=1S/C17H22N4O4/c1-10(17(24)25-2)21-15(22)9-20-16(23)13(18)7-11-8-19-14-6-4-3-5-12(11)14/h3-6,8,10,13,19H,7,9,18H2,1-2H3,(H,20,23)(H,21,22)/t10-,13+/m1/s1. The van der Waals surface area contributed by atoms with Crippen LogP contribution in [-0.4, -0.2) is 48.5 Å². The number of nitrogens with two attached hydrogens (primary N) is 1. The number of para-hydroxylation sites is 1. The predicted octanol–water partition coefficient (Wildman–Crippen LogP) is -0.168. The summed E-state index contributed by atoms with van der Waals surface area (Å²) >= 11 is 0. The predicted molar refractivity (Wildman–Crippen MR) is 92.6 cm³/mol. The third-order valence-corrected chi connectivity index (χ3v) is 3.81. The molecule has 8 heteroatoms. The van der Waals surface area contributed by atoms with Gasteiger partial charge in [0.25, 0.3) is 0 Å². The number of amides is 2. The number of H-pyrrole nitrogens is 1. The van der Waals surface area contributed by atoms with Gasteiger partial charge in [0.1, 0.15) is 6.04 Å². The summed E-state index contributed by atoms with van der Waals surface area (Å²) in [5.41, 5.74) is 7.83. The van der Waals surface area contributed by atoms with Crippen molar-refractivity contribution >= 4 is 28.7 Å². The molecule has 0 aliphatic carbocycles. The third kappa shape index (κ3) is 4.80. The fraction of sp³-hybridized carbons (Fsp3) is 0.353. The van der Waals surface area contributed by atoms with Crippen molar-refractivity contribution in [3.8, 4) is 0 Å². The van der Waals surface area contributed by atoms with Gasteiger partial charge in [0.15, 0.2) is 0 Å². The van der Waals surface area contributed by atoms with Gasteiger partial charge in [-0.25, -0.2) is 4.79 Å². The molecule has 2 atom stereocenters. The van der Waals surface area contributed by atoms with Crippen LogP contribution >= 0.6 is 0 Å². The average Bonchev–Trinajstić information content (AvgIpc) is 3.01. The van der Waals surface area contributed by atoms with Crippen LogP contribution in [0.5, 0.6) is 0 Å². The van der Waals surface area contributed by atoms with Crippen molar-refractivity contribution in [1.29, 1.82) is 0 Å². The minimum atomic E-state index is -0.787. The van der Waals surface area contributed by atoms with Gasteiger partial charge in [-0.15, -0.1) is 0 Å². The second-order valence-corrected chi connectivity index (χ2v) is 5.70. The van der Waals surface area contributed by atoms with Gasteiger partial charge < -0.3 is 26.1 Å². The Morgan fingerprint density at radius 1 is 1.28 bits per heavy atom. The molecule has 0 saturated heterocycles. The summed E-state index contributed by atoms with van der Waals surface area (Å²) < 4.78 is 4.51. The molecule has 0 fully saturated rings. The Hall–Kier alpha value is -2.87. The van der Waals surface area contributed by atoms with Crippen molar-refractivity contribution in [2.75, 3.05) is 13.7 Å². The number of fused-ring (bicyclic) bond motifs is 1. The lowest BCUT2D eigenvalue weighted by Crippen LogP contribution is -2.48. The molecule has 0 aliphatic heterocycles. The van der Waals surface area contributed by atoms with Crippen LogP contribution in [0, 0.1) is 0 Å². The molecule has 1 aromatic carbocycles. The van der Waals surface area contributed by atoms with Crippen LogP contribution in [0.4, 0.5) is 0 Å². The van der Waals surface area contributed by atoms with Crippen molar-refractivity contribution in [3.63, 3.8) is 0 Å². The fourth-order valence-electron chi connectivity index (χ4n) is 2.46. The van der Waals surface area contributed by atoms with E-state index in [2.05, 4.69) is 20.4 Å². The fourth-order valence-corrected chi connectivity index (χ4v) is 2.46. The number of aromatic nitrogens is 1. The third-order valence-electron chi connectivity index (χ3n) is 3.81. The van der Waals surface area contributed by atoms with Gasteiger partial charge in [-0.1, -0.05) is 18.2 Å². The molecule has 25 heavy (non-hydrogen) atoms. The Balaban J connectivity index is 1.84. The van der Waals surface area contributed by atoms with Crippen molar-refractivity contribution in [2.45, 2.75) is 25.4 Å². The van der Waals surface area contributed by atoms with Crippen LogP contribution in [0.2, 0.25) is 0 Å². The molecule has 0 bridgehead atoms. The number of methoxy groups -OCH3 is 1. The zero-order valence-corrected chi connectivity index (χ0v) is 14.2. The van der Waals surface area contributed by atoms with Crippen LogP contribution in [0.25, 0.3) is 10.9 Å². The molecule has 2 rings (SSSR count). The molecule has 134 valence electrons. The number of nitrogens with one attached hydrogen (secondary N) is 3. The van der Waals surface area contributed by atoms with Crippen LogP contribution in [-0.2, 0) is 25.5 Å². The molecule has 0 unspecified atom stereocenters. The first kappa shape index (κ1) is 18.5. The summed E-state index contributed by atoms with van der Waals surface area (Å²) in [5, 5.41) is 5.90. The topological polar surface area (TPSA) is 126 Å². The molecule has 1 heterocycles. The lowest BCUT2D eigenvalue weighted by molar-refractivity contribution is -0.144. The summed E-state index contributed by atoms with van der Waals surface area (Å²) in [6.45, 7) is 1.23. The van der Waals surface area contributed by atoms with E-state index in [-0.39, 0.29) is 6.54 Å². The maximum Gasteiger partial charge on any atom is 0.328 e. The highest BCUT2D eigenvalue weighted by molar-refractivity contribution is 5.90. The van der Waals surface area contributed by atoms with Crippen LogP contribution in [0.1, 0.15) is 12.5 Å². The highest BCUT2D eigenvalue weighted by Gasteiger charge is 2.19. The number of hydrogen-bond acceptors (Lipinski definition) is 5. The van der Waals surface area contributed by atoms with Crippen molar-refractivity contribution in [2.24, 2.45) is 5.73 Å². The number of carbonyl (C=O) groups excluding carboxylic acids is 3. The summed E-state index contributed by atoms with van der Waals surface area (Å²) in [6.07, 6.45) is 2.17. The summed E-state index contributed by atoms with van der Waals surface area (Å²) in [5.74, 6) is -1.49. The van der Waals surface area contributed by atoms with E-state index in [0.29, 0.717) is 6.42 Å². The molecule has 0 saturated carbocycles. The first-order chi connectivity index (χ1) is 11.9. The Kier molecular flexibility index (Phi) is 6.13. The lowest BCUT2D eigenvalue weighted by atomic mass is 10.1. The number of ether oxygens (including phenoxy) is 1. The van der Waals surface area contributed by atoms with Gasteiger partial charge in [0.2, 0.25) is 11.8 Å². The van der Waals surface area contributed by atoms with E-state index in [1.54, 1.807) is 0 Å². The van der Waals surface area contributed by atoms with Gasteiger partial charge in [-0.05, 0) is 25.0 Å². The highest BCUT2D eigenvalue weighted by atomic mass is 16.5. The largest absolute Gasteiger partial charge is 0.467 e. The average molecular weight is 346 g/mol. The molecule has 0 spiro atoms. The number of benzene rings is 1. The SMILES string of the molecule is COC(=O)[C@@H](C)NC(=O)CNC(=O)[C@@H](N)Cc1c[nH]c2ccccc12. The van der Waals surface area contributed by atoms with E-state index in [0.717, 1.165) is 16.5 Å². The lowest BCUT2D eigenvalue weighted by Gasteiger charge is -2.14. The van der Waals surface area contributed by atoms with E-state index in [1.807, 2.05) is 30.5 Å². The number of carbonyl (C=O) groups is 3. The Morgan fingerprint density at radius 2 is 2.00 bits per heavy atom. The maximum atomic E-state index is 12.1. The monoisotopic (exact) mass is 346 g/mol. The van der Waals surface area contributed by atoms with Gasteiger partial charge in [0, 0.05) is 17.1 Å². The van der Waals surface area contributed by atoms with E-state index >= 15 is 0 Å². The maximum absolute atomic E-state index is 12.1. The second-order valence-electron chi connectivity index (χ2n) is 5.70. The van der Waals surface area contributed by atoms with Crippen molar-refractivity contribution in [1.82, 2.24) is 15.6 Å². The first-order valence-electron chi connectivity index (χ1n) is 7.88. The molecule has 1 aromatic heterocycles. The van der Waals surface area contributed by atoms with Crippen molar-refractivity contribution < 1.29 is 19.1 Å². The highest BCUT2D eigenvalue weighted by Crippen LogP contribution is 2.18. The van der Waals surface area contributed by atoms with E-state index < -0.39 is 29.9 Å². The summed E-state index contributed by atoms with van der Waals surface area (Å²) in [4.78, 5) is 38.1. The smallest absolute Gasteiger partial charge is 0.328 e. The van der Waals surface area contributed by atoms with Crippen molar-refractivity contribution in [3.05, 3.63) is 36.0 Å². The van der Waals surface area contributed by atoms with Gasteiger partial charge in [-0.2, -0.15) is 0 Å². The summed E-state index contributed by atoms with van der Waals surface area (Å²) in [7, 11) is 1.23. The number of hydrogen-bond donors (Lipinski definition) is 4. The molecule has 8 nitrogen and oxygen atoms in total. The minimum absolute atomic E-state index is 0.262. The summed E-state index contributed by atoms with van der Waals surface area (Å²) in [6, 6.07) is 6.16. The Labute approximate surface area is 145 Å². The first-order valence-corrected chi connectivity index (χ1v) is 7.88. The normalized spacial score (nSPS) is 13.1. The number of esters is 1. The zero-order valence-electron chi connectivity index (χ0n) is 14.2. The molecule has 0 aliphatic rings. The van der Waals surface area contributed by atoms with Gasteiger partial charge in [0.05, 0.1) is 19.7 Å². The molecular weight excluding hydrogens is 324 g/mol. The minimum Gasteiger partial charge on any atom is -0.467 e. The van der Waals surface area contributed by atoms with Crippen LogP contribution in [0.15, 0.2) is 30.5 Å².